The van der Waals surface area contributed by atoms with Gasteiger partial charge in [-0.05, 0) is 31.2 Å². The number of pyridine rings is 1. The van der Waals surface area contributed by atoms with Gasteiger partial charge in [0.05, 0.1) is 17.8 Å². The first-order chi connectivity index (χ1) is 16.5. The van der Waals surface area contributed by atoms with Crippen molar-refractivity contribution in [2.45, 2.75) is 13.5 Å². The lowest BCUT2D eigenvalue weighted by Gasteiger charge is -2.10. The number of hydrogen-bond acceptors (Lipinski definition) is 7. The summed E-state index contributed by atoms with van der Waals surface area (Å²) in [5.74, 6) is -1.99. The van der Waals surface area contributed by atoms with Crippen LogP contribution in [0.5, 0.6) is 11.6 Å². The molecule has 3 aromatic heterocycles. The third-order valence-electron chi connectivity index (χ3n) is 4.64. The van der Waals surface area contributed by atoms with E-state index in [1.54, 1.807) is 13.1 Å². The number of H-pyrrole nitrogens is 1. The van der Waals surface area contributed by atoms with Gasteiger partial charge in [0.15, 0.2) is 28.8 Å². The number of amidine groups is 1. The fourth-order valence-corrected chi connectivity index (χ4v) is 3.10. The van der Waals surface area contributed by atoms with Gasteiger partial charge in [-0.2, -0.15) is 5.26 Å². The van der Waals surface area contributed by atoms with E-state index in [1.807, 2.05) is 24.3 Å². The molecule has 0 spiro atoms. The molecule has 3 heterocycles. The van der Waals surface area contributed by atoms with Gasteiger partial charge in [0, 0.05) is 23.3 Å². The maximum atomic E-state index is 14.9. The Kier molecular flexibility index (Phi) is 6.52. The summed E-state index contributed by atoms with van der Waals surface area (Å²) in [6.07, 6.45) is 4.18. The molecule has 0 saturated carbocycles. The largest absolute Gasteiger partial charge is 0.434 e. The summed E-state index contributed by atoms with van der Waals surface area (Å²) in [5.41, 5.74) is 7.01. The van der Waals surface area contributed by atoms with Crippen LogP contribution in [-0.2, 0) is 6.54 Å². The number of hydrazine groups is 1. The molecule has 34 heavy (non-hydrogen) atoms. The number of nitrogens with one attached hydrogen (secondary N) is 3. The van der Waals surface area contributed by atoms with Crippen LogP contribution in [0.1, 0.15) is 17.0 Å². The number of aromatic nitrogens is 4. The van der Waals surface area contributed by atoms with Gasteiger partial charge in [0.25, 0.3) is 0 Å². The minimum Gasteiger partial charge on any atom is -0.434 e. The number of aryl methyl sites for hydroxylation is 1. The highest BCUT2D eigenvalue weighted by molar-refractivity contribution is 5.94. The van der Waals surface area contributed by atoms with Crippen molar-refractivity contribution in [2.24, 2.45) is 4.99 Å². The first kappa shape index (κ1) is 22.5. The van der Waals surface area contributed by atoms with Gasteiger partial charge in [-0.3, -0.25) is 4.98 Å². The average Bonchev–Trinajstić information content (AvgIpc) is 3.25. The van der Waals surface area contributed by atoms with Crippen molar-refractivity contribution in [3.05, 3.63) is 84.1 Å². The summed E-state index contributed by atoms with van der Waals surface area (Å²) >= 11 is 0. The zero-order valence-corrected chi connectivity index (χ0v) is 17.9. The third kappa shape index (κ3) is 4.72. The van der Waals surface area contributed by atoms with Crippen LogP contribution in [0.4, 0.5) is 14.6 Å². The van der Waals surface area contributed by atoms with Gasteiger partial charge >= 0.3 is 0 Å². The van der Waals surface area contributed by atoms with Gasteiger partial charge < -0.3 is 15.1 Å². The van der Waals surface area contributed by atoms with E-state index in [4.69, 9.17) is 4.74 Å². The number of benzene rings is 1. The van der Waals surface area contributed by atoms with Crippen LogP contribution in [0.25, 0.3) is 10.9 Å². The summed E-state index contributed by atoms with van der Waals surface area (Å²) < 4.78 is 34.8. The van der Waals surface area contributed by atoms with E-state index >= 15 is 0 Å². The van der Waals surface area contributed by atoms with Crippen LogP contribution < -0.4 is 15.6 Å². The number of rotatable bonds is 7. The van der Waals surface area contributed by atoms with E-state index in [2.05, 4.69) is 42.4 Å². The number of nitriles is 1. The molecular weight excluding hydrogens is 442 g/mol. The summed E-state index contributed by atoms with van der Waals surface area (Å²) in [7, 11) is 0. The molecule has 0 atom stereocenters. The van der Waals surface area contributed by atoms with Crippen LogP contribution in [0, 0.1) is 29.9 Å². The highest BCUT2D eigenvalue weighted by Gasteiger charge is 2.19. The number of fused-ring (bicyclic) bond motifs is 1. The van der Waals surface area contributed by atoms with Crippen LogP contribution in [0.2, 0.25) is 0 Å². The molecule has 0 fully saturated rings. The first-order valence-corrected chi connectivity index (χ1v) is 10.00. The molecule has 0 aliphatic rings. The fourth-order valence-electron chi connectivity index (χ4n) is 3.10. The van der Waals surface area contributed by atoms with Crippen molar-refractivity contribution in [2.75, 3.05) is 0 Å². The molecule has 0 radical (unpaired) electrons. The molecule has 4 rings (SSSR count). The number of aromatic amines is 1. The van der Waals surface area contributed by atoms with E-state index in [9.17, 15) is 14.0 Å². The summed E-state index contributed by atoms with van der Waals surface area (Å²) in [6, 6.07) is 9.76. The summed E-state index contributed by atoms with van der Waals surface area (Å²) in [5, 5.41) is 9.69. The zero-order valence-electron chi connectivity index (χ0n) is 17.9. The monoisotopic (exact) mass is 460 g/mol. The summed E-state index contributed by atoms with van der Waals surface area (Å²) in [6.45, 7) is 5.75. The second kappa shape index (κ2) is 9.85. The van der Waals surface area contributed by atoms with Crippen LogP contribution in [0.3, 0.4) is 0 Å². The lowest BCUT2D eigenvalue weighted by atomic mass is 10.2. The minimum atomic E-state index is -0.791. The zero-order chi connectivity index (χ0) is 24.1. The molecule has 0 aliphatic heterocycles. The van der Waals surface area contributed by atoms with Crippen molar-refractivity contribution in [3.8, 4) is 17.7 Å². The minimum absolute atomic E-state index is 0.0235. The van der Waals surface area contributed by atoms with E-state index in [-0.39, 0.29) is 34.0 Å². The van der Waals surface area contributed by atoms with Crippen molar-refractivity contribution in [3.63, 3.8) is 0 Å². The van der Waals surface area contributed by atoms with E-state index in [1.165, 1.54) is 12.1 Å². The maximum Gasteiger partial charge on any atom is 0.242 e. The average molecular weight is 460 g/mol. The Morgan fingerprint density at radius 3 is 2.88 bits per heavy atom. The lowest BCUT2D eigenvalue weighted by molar-refractivity contribution is 0.424. The molecule has 4 aromatic rings. The van der Waals surface area contributed by atoms with Gasteiger partial charge in [0.2, 0.25) is 5.88 Å². The van der Waals surface area contributed by atoms with Crippen LogP contribution in [-0.4, -0.2) is 25.8 Å². The van der Waals surface area contributed by atoms with E-state index in [0.29, 0.717) is 12.2 Å². The molecule has 11 heteroatoms. The van der Waals surface area contributed by atoms with Crippen molar-refractivity contribution < 1.29 is 13.5 Å². The molecule has 3 N–H and O–H groups in total. The molecule has 9 nitrogen and oxygen atoms in total. The first-order valence-electron chi connectivity index (χ1n) is 10.00. The number of nitrogens with zero attached hydrogens (tertiary/aromatic N) is 5. The molecule has 0 aliphatic carbocycles. The Hall–Kier alpha value is -4.69. The van der Waals surface area contributed by atoms with Crippen molar-refractivity contribution >= 4 is 22.6 Å². The van der Waals surface area contributed by atoms with E-state index in [0.717, 1.165) is 18.1 Å². The third-order valence-corrected chi connectivity index (χ3v) is 4.64. The highest BCUT2D eigenvalue weighted by Crippen LogP contribution is 2.34. The van der Waals surface area contributed by atoms with E-state index < -0.39 is 17.4 Å². The molecular formula is C23H18F2N8O. The normalized spacial score (nSPS) is 11.3. The number of ether oxygens (including phenoxy) is 1. The lowest BCUT2D eigenvalue weighted by Crippen LogP contribution is -2.35. The molecule has 0 amide bonds. The highest BCUT2D eigenvalue weighted by atomic mass is 19.1. The standard InChI is InChI=1S/C23H18F2N8O/c1-3-19(33-30-11-14-6-4-5-7-27-14)32-22-16(10-26)23(29-12-28-22)34-18-9-17(24)21-15(20(18)25)8-13(2)31-21/h3-9,12,30-31H,1,11H2,2H3,(H,28,29,32,33). The predicted molar refractivity (Wildman–Crippen MR) is 121 cm³/mol. The van der Waals surface area contributed by atoms with Crippen LogP contribution in [0.15, 0.2) is 60.5 Å². The predicted octanol–water partition coefficient (Wildman–Crippen LogP) is 4.11. The molecule has 1 aromatic carbocycles. The number of aliphatic imine (C=N–C) groups is 1. The van der Waals surface area contributed by atoms with Crippen molar-refractivity contribution in [1.82, 2.24) is 30.8 Å². The second-order valence-corrected chi connectivity index (χ2v) is 7.00. The smallest absolute Gasteiger partial charge is 0.242 e. The van der Waals surface area contributed by atoms with Crippen LogP contribution >= 0.6 is 0 Å². The number of halogens is 2. The van der Waals surface area contributed by atoms with Gasteiger partial charge in [-0.1, -0.05) is 12.6 Å². The Morgan fingerprint density at radius 2 is 2.15 bits per heavy atom. The van der Waals surface area contributed by atoms with Crippen molar-refractivity contribution in [1.29, 1.82) is 5.26 Å². The maximum absolute atomic E-state index is 14.9. The topological polar surface area (TPSA) is 124 Å². The second-order valence-electron chi connectivity index (χ2n) is 7.00. The fraction of sp³-hybridized carbons (Fsp3) is 0.0870. The molecule has 0 unspecified atom stereocenters. The quantitative estimate of drug-likeness (QED) is 0.215. The molecule has 0 bridgehead atoms. The summed E-state index contributed by atoms with van der Waals surface area (Å²) in [4.78, 5) is 19.1. The Labute approximate surface area is 192 Å². The molecule has 170 valence electrons. The van der Waals surface area contributed by atoms with Gasteiger partial charge in [-0.25, -0.2) is 29.2 Å². The van der Waals surface area contributed by atoms with Gasteiger partial charge in [0.1, 0.15) is 18.2 Å². The molecule has 0 saturated heterocycles. The Morgan fingerprint density at radius 1 is 1.29 bits per heavy atom. The Bertz CT molecular complexity index is 1430. The SMILES string of the molecule is C=CC(=Nc1ncnc(Oc2cc(F)c3[nH]c(C)cc3c2F)c1C#N)NNCc1ccccn1. The Balaban J connectivity index is 1.60. The van der Waals surface area contributed by atoms with Gasteiger partial charge in [-0.15, -0.1) is 0 Å². The number of hydrogen-bond donors (Lipinski definition) is 3.